The Morgan fingerprint density at radius 3 is 1.94 bits per heavy atom. The molecule has 5 nitrogen and oxygen atoms in total. The minimum atomic E-state index is -0.876. The lowest BCUT2D eigenvalue weighted by Crippen LogP contribution is -2.61. The van der Waals surface area contributed by atoms with Crippen molar-refractivity contribution in [2.24, 2.45) is 5.73 Å². The van der Waals surface area contributed by atoms with E-state index >= 15 is 0 Å². The predicted octanol–water partition coefficient (Wildman–Crippen LogP) is 4.62. The first-order valence-electron chi connectivity index (χ1n) is 11.9. The quantitative estimate of drug-likeness (QED) is 0.465. The average molecular weight is 459 g/mol. The molecule has 0 bridgehead atoms. The van der Waals surface area contributed by atoms with Crippen molar-refractivity contribution in [1.29, 1.82) is 0 Å². The lowest BCUT2D eigenvalue weighted by molar-refractivity contribution is -0.123. The second kappa shape index (κ2) is 10.00. The Bertz CT molecular complexity index is 1040. The van der Waals surface area contributed by atoms with Crippen LogP contribution in [0.4, 0.5) is 0 Å². The number of ether oxygens (including phenoxy) is 1. The summed E-state index contributed by atoms with van der Waals surface area (Å²) in [6.07, 6.45) is 1.61. The topological polar surface area (TPSA) is 75.8 Å². The zero-order chi connectivity index (χ0) is 24.2. The van der Waals surface area contributed by atoms with Crippen molar-refractivity contribution in [3.05, 3.63) is 102 Å². The van der Waals surface area contributed by atoms with Gasteiger partial charge in [-0.2, -0.15) is 0 Å². The van der Waals surface area contributed by atoms with Crippen LogP contribution in [0.15, 0.2) is 84.9 Å². The van der Waals surface area contributed by atoms with E-state index in [0.717, 1.165) is 36.2 Å². The van der Waals surface area contributed by atoms with E-state index in [1.165, 1.54) is 0 Å². The molecule has 4 rings (SSSR count). The number of amides is 1. The van der Waals surface area contributed by atoms with E-state index in [1.807, 2.05) is 72.8 Å². The maximum atomic E-state index is 13.1. The van der Waals surface area contributed by atoms with Gasteiger partial charge in [0.2, 0.25) is 5.91 Å². The van der Waals surface area contributed by atoms with E-state index < -0.39 is 5.41 Å². The normalized spacial score (nSPS) is 15.1. The van der Waals surface area contributed by atoms with Crippen molar-refractivity contribution in [1.82, 2.24) is 4.90 Å². The molecule has 178 valence electrons. The summed E-state index contributed by atoms with van der Waals surface area (Å²) in [5.41, 5.74) is 8.06. The SMILES string of the molecule is CC(C)(CCC(C(N)=O)(c1ccccc1)c1ccccc1)N1CC(OCc2ccc(O)cc2)C1. The van der Waals surface area contributed by atoms with E-state index in [-0.39, 0.29) is 23.3 Å². The van der Waals surface area contributed by atoms with Crippen molar-refractivity contribution < 1.29 is 14.6 Å². The zero-order valence-electron chi connectivity index (χ0n) is 20.0. The predicted molar refractivity (Wildman–Crippen MR) is 134 cm³/mol. The number of hydrogen-bond donors (Lipinski definition) is 2. The number of aromatic hydroxyl groups is 1. The van der Waals surface area contributed by atoms with Gasteiger partial charge in [-0.3, -0.25) is 9.69 Å². The van der Waals surface area contributed by atoms with Crippen molar-refractivity contribution in [2.75, 3.05) is 13.1 Å². The second-order valence-electron chi connectivity index (χ2n) is 9.82. The van der Waals surface area contributed by atoms with Crippen LogP contribution in [0.3, 0.4) is 0 Å². The monoisotopic (exact) mass is 458 g/mol. The lowest BCUT2D eigenvalue weighted by Gasteiger charge is -2.50. The summed E-state index contributed by atoms with van der Waals surface area (Å²) in [5.74, 6) is -0.0576. The number of rotatable bonds is 10. The number of nitrogens with two attached hydrogens (primary N) is 1. The maximum absolute atomic E-state index is 13.1. The lowest BCUT2D eigenvalue weighted by atomic mass is 9.69. The fourth-order valence-electron chi connectivity index (χ4n) is 4.80. The first kappa shape index (κ1) is 24.0. The zero-order valence-corrected chi connectivity index (χ0v) is 20.0. The Hall–Kier alpha value is -3.15. The van der Waals surface area contributed by atoms with Gasteiger partial charge in [-0.1, -0.05) is 72.8 Å². The van der Waals surface area contributed by atoms with Gasteiger partial charge in [-0.25, -0.2) is 0 Å². The van der Waals surface area contributed by atoms with Crippen LogP contribution < -0.4 is 5.73 Å². The molecule has 0 aliphatic carbocycles. The standard InChI is InChI=1S/C29H34N2O3/c1-28(2,31-19-26(20-31)34-21-22-13-15-25(32)16-14-22)17-18-29(27(30)33,23-9-5-3-6-10-23)24-11-7-4-8-12-24/h3-16,26,32H,17-21H2,1-2H3,(H2,30,33). The van der Waals surface area contributed by atoms with E-state index in [2.05, 4.69) is 18.7 Å². The number of likely N-dealkylation sites (tertiary alicyclic amines) is 1. The Balaban J connectivity index is 1.43. The van der Waals surface area contributed by atoms with Crippen LogP contribution in [-0.2, 0) is 21.6 Å². The Morgan fingerprint density at radius 2 is 1.44 bits per heavy atom. The highest BCUT2D eigenvalue weighted by molar-refractivity contribution is 5.90. The van der Waals surface area contributed by atoms with Gasteiger partial charge in [-0.05, 0) is 55.5 Å². The number of benzene rings is 3. The maximum Gasteiger partial charge on any atom is 0.232 e. The van der Waals surface area contributed by atoms with Gasteiger partial charge < -0.3 is 15.6 Å². The number of phenols is 1. The summed E-state index contributed by atoms with van der Waals surface area (Å²) in [6.45, 7) is 6.69. The molecule has 5 heteroatoms. The highest BCUT2D eigenvalue weighted by Gasteiger charge is 2.44. The third-order valence-electron chi connectivity index (χ3n) is 7.19. The molecule has 0 unspecified atom stereocenters. The van der Waals surface area contributed by atoms with Gasteiger partial charge >= 0.3 is 0 Å². The number of primary amides is 1. The molecule has 34 heavy (non-hydrogen) atoms. The van der Waals surface area contributed by atoms with Crippen molar-refractivity contribution in [3.8, 4) is 5.75 Å². The molecule has 0 spiro atoms. The van der Waals surface area contributed by atoms with Crippen LogP contribution in [0, 0.1) is 0 Å². The van der Waals surface area contributed by atoms with Crippen molar-refractivity contribution in [3.63, 3.8) is 0 Å². The summed E-state index contributed by atoms with van der Waals surface area (Å²) in [6, 6.07) is 26.9. The van der Waals surface area contributed by atoms with E-state index in [9.17, 15) is 9.90 Å². The van der Waals surface area contributed by atoms with Gasteiger partial charge in [-0.15, -0.1) is 0 Å². The molecule has 0 aromatic heterocycles. The first-order valence-corrected chi connectivity index (χ1v) is 11.9. The summed E-state index contributed by atoms with van der Waals surface area (Å²) in [5, 5.41) is 9.43. The first-order chi connectivity index (χ1) is 16.3. The van der Waals surface area contributed by atoms with Crippen LogP contribution in [0.5, 0.6) is 5.75 Å². The Labute approximate surface area is 202 Å². The number of carbonyl (C=O) groups excluding carboxylic acids is 1. The number of phenolic OH excluding ortho intramolecular Hbond substituents is 1. The molecule has 1 aliphatic heterocycles. The van der Waals surface area contributed by atoms with Crippen LogP contribution >= 0.6 is 0 Å². The summed E-state index contributed by atoms with van der Waals surface area (Å²) in [4.78, 5) is 15.5. The minimum Gasteiger partial charge on any atom is -0.508 e. The van der Waals surface area contributed by atoms with Crippen LogP contribution in [-0.4, -0.2) is 40.6 Å². The molecule has 0 radical (unpaired) electrons. The summed E-state index contributed by atoms with van der Waals surface area (Å²) < 4.78 is 6.05. The molecular formula is C29H34N2O3. The van der Waals surface area contributed by atoms with Crippen LogP contribution in [0.1, 0.15) is 43.4 Å². The van der Waals surface area contributed by atoms with Gasteiger partial charge in [0.1, 0.15) is 5.75 Å². The highest BCUT2D eigenvalue weighted by atomic mass is 16.5. The van der Waals surface area contributed by atoms with Gasteiger partial charge in [0.25, 0.3) is 0 Å². The van der Waals surface area contributed by atoms with E-state index in [0.29, 0.717) is 13.0 Å². The Morgan fingerprint density at radius 1 is 0.912 bits per heavy atom. The fraction of sp³-hybridized carbons (Fsp3) is 0.345. The molecule has 1 heterocycles. The fourth-order valence-corrected chi connectivity index (χ4v) is 4.80. The average Bonchev–Trinajstić information content (AvgIpc) is 2.81. The third kappa shape index (κ3) is 5.01. The van der Waals surface area contributed by atoms with Crippen molar-refractivity contribution in [2.45, 2.75) is 50.4 Å². The molecule has 3 N–H and O–H groups in total. The number of hydrogen-bond acceptors (Lipinski definition) is 4. The molecule has 3 aromatic rings. The largest absolute Gasteiger partial charge is 0.508 e. The van der Waals surface area contributed by atoms with Gasteiger partial charge in [0.05, 0.1) is 18.1 Å². The second-order valence-corrected chi connectivity index (χ2v) is 9.82. The molecule has 3 aromatic carbocycles. The molecule has 0 atom stereocenters. The summed E-state index contributed by atoms with van der Waals surface area (Å²) >= 11 is 0. The molecule has 0 saturated carbocycles. The van der Waals surface area contributed by atoms with Crippen molar-refractivity contribution >= 4 is 5.91 Å². The molecular weight excluding hydrogens is 424 g/mol. The third-order valence-corrected chi connectivity index (χ3v) is 7.19. The van der Waals surface area contributed by atoms with Gasteiger partial charge in [0.15, 0.2) is 0 Å². The smallest absolute Gasteiger partial charge is 0.232 e. The Kier molecular flexibility index (Phi) is 7.05. The molecule has 1 aliphatic rings. The minimum absolute atomic E-state index is 0.108. The van der Waals surface area contributed by atoms with Crippen LogP contribution in [0.2, 0.25) is 0 Å². The summed E-state index contributed by atoms with van der Waals surface area (Å²) in [7, 11) is 0. The number of carbonyl (C=O) groups is 1. The molecule has 1 amide bonds. The molecule has 1 fully saturated rings. The van der Waals surface area contributed by atoms with E-state index in [4.69, 9.17) is 10.5 Å². The molecule has 1 saturated heterocycles. The number of nitrogens with zero attached hydrogens (tertiary/aromatic N) is 1. The highest BCUT2D eigenvalue weighted by Crippen LogP contribution is 2.40. The van der Waals surface area contributed by atoms with E-state index in [1.54, 1.807) is 12.1 Å². The van der Waals surface area contributed by atoms with Gasteiger partial charge in [0, 0.05) is 18.6 Å². The van der Waals surface area contributed by atoms with Crippen LogP contribution in [0.25, 0.3) is 0 Å².